The van der Waals surface area contributed by atoms with E-state index in [4.69, 9.17) is 16.3 Å². The molecule has 6 heteroatoms. The highest BCUT2D eigenvalue weighted by atomic mass is 79.9. The van der Waals surface area contributed by atoms with Crippen LogP contribution in [-0.2, 0) is 0 Å². The van der Waals surface area contributed by atoms with Gasteiger partial charge in [0.2, 0.25) is 0 Å². The molecule has 0 saturated heterocycles. The predicted molar refractivity (Wildman–Crippen MR) is 69.0 cm³/mol. The fraction of sp³-hybridized carbons (Fsp3) is 0. The van der Waals surface area contributed by atoms with Gasteiger partial charge in [0.1, 0.15) is 10.4 Å². The molecule has 2 nitrogen and oxygen atoms in total. The molecule has 0 amide bonds. The van der Waals surface area contributed by atoms with E-state index in [0.717, 1.165) is 9.08 Å². The first-order chi connectivity index (χ1) is 7.15. The Morgan fingerprint density at radius 1 is 1.33 bits per heavy atom. The molecular formula is C9H4Br2ClNOS. The van der Waals surface area contributed by atoms with Gasteiger partial charge >= 0.3 is 0 Å². The van der Waals surface area contributed by atoms with E-state index in [1.807, 2.05) is 11.4 Å². The van der Waals surface area contributed by atoms with Crippen LogP contribution in [0.1, 0.15) is 0 Å². The molecule has 15 heavy (non-hydrogen) atoms. The molecule has 1 aromatic heterocycles. The molecule has 0 aliphatic rings. The number of aromatic nitrogens is 1. The third-order valence-electron chi connectivity index (χ3n) is 1.55. The highest BCUT2D eigenvalue weighted by Gasteiger charge is 2.06. The highest BCUT2D eigenvalue weighted by molar-refractivity contribution is 9.10. The number of rotatable bonds is 2. The molecule has 1 aromatic carbocycles. The van der Waals surface area contributed by atoms with Crippen molar-refractivity contribution in [2.24, 2.45) is 0 Å². The molecule has 0 unspecified atom stereocenters. The van der Waals surface area contributed by atoms with Gasteiger partial charge in [0.05, 0.1) is 5.02 Å². The van der Waals surface area contributed by atoms with E-state index >= 15 is 0 Å². The van der Waals surface area contributed by atoms with E-state index < -0.39 is 0 Å². The fourth-order valence-corrected chi connectivity index (χ4v) is 2.53. The normalized spacial score (nSPS) is 10.3. The Labute approximate surface area is 113 Å². The van der Waals surface area contributed by atoms with Crippen LogP contribution in [0.15, 0.2) is 32.7 Å². The molecule has 2 rings (SSSR count). The van der Waals surface area contributed by atoms with Gasteiger partial charge in [-0.3, -0.25) is 0 Å². The number of benzene rings is 1. The molecule has 0 bridgehead atoms. The van der Waals surface area contributed by atoms with Crippen molar-refractivity contribution in [3.63, 3.8) is 0 Å². The Balaban J connectivity index is 2.27. The molecule has 0 saturated carbocycles. The smallest absolute Gasteiger partial charge is 0.279 e. The second kappa shape index (κ2) is 4.82. The third kappa shape index (κ3) is 2.93. The van der Waals surface area contributed by atoms with E-state index in [2.05, 4.69) is 36.8 Å². The summed E-state index contributed by atoms with van der Waals surface area (Å²) in [6, 6.07) is 5.42. The van der Waals surface area contributed by atoms with Crippen LogP contribution in [0.5, 0.6) is 10.9 Å². The van der Waals surface area contributed by atoms with Crippen molar-refractivity contribution in [1.29, 1.82) is 0 Å². The summed E-state index contributed by atoms with van der Waals surface area (Å²) in [7, 11) is 0. The Kier molecular flexibility index (Phi) is 3.66. The van der Waals surface area contributed by atoms with Crippen molar-refractivity contribution in [2.75, 3.05) is 0 Å². The van der Waals surface area contributed by atoms with E-state index in [-0.39, 0.29) is 0 Å². The first-order valence-electron chi connectivity index (χ1n) is 3.89. The Morgan fingerprint density at radius 2 is 2.13 bits per heavy atom. The van der Waals surface area contributed by atoms with Gasteiger partial charge in [-0.25, -0.2) is 0 Å². The van der Waals surface area contributed by atoms with Gasteiger partial charge in [-0.15, -0.1) is 0 Å². The Morgan fingerprint density at radius 3 is 2.80 bits per heavy atom. The SMILES string of the molecule is Clc1ccc(Br)cc1Oc1nc(Br)cs1. The summed E-state index contributed by atoms with van der Waals surface area (Å²) in [4.78, 5) is 4.12. The largest absolute Gasteiger partial charge is 0.429 e. The van der Waals surface area contributed by atoms with Crippen LogP contribution in [0, 0.1) is 0 Å². The topological polar surface area (TPSA) is 22.1 Å². The average molecular weight is 369 g/mol. The van der Waals surface area contributed by atoms with Crippen molar-refractivity contribution in [2.45, 2.75) is 0 Å². The van der Waals surface area contributed by atoms with Gasteiger partial charge in [-0.1, -0.05) is 38.9 Å². The second-order valence-corrected chi connectivity index (χ2v) is 5.57. The molecular weight excluding hydrogens is 365 g/mol. The summed E-state index contributed by atoms with van der Waals surface area (Å²) in [6.07, 6.45) is 0. The van der Waals surface area contributed by atoms with E-state index in [1.54, 1.807) is 12.1 Å². The zero-order chi connectivity index (χ0) is 10.8. The first-order valence-corrected chi connectivity index (χ1v) is 6.73. The lowest BCUT2D eigenvalue weighted by Crippen LogP contribution is -1.84. The van der Waals surface area contributed by atoms with Gasteiger partial charge in [-0.05, 0) is 34.1 Å². The molecule has 78 valence electrons. The van der Waals surface area contributed by atoms with Crippen LogP contribution in [-0.4, -0.2) is 4.98 Å². The van der Waals surface area contributed by atoms with Crippen LogP contribution >= 0.6 is 54.8 Å². The maximum absolute atomic E-state index is 5.97. The maximum Gasteiger partial charge on any atom is 0.279 e. The summed E-state index contributed by atoms with van der Waals surface area (Å²) < 4.78 is 7.20. The van der Waals surface area contributed by atoms with Gasteiger partial charge < -0.3 is 4.74 Å². The minimum Gasteiger partial charge on any atom is -0.429 e. The van der Waals surface area contributed by atoms with Gasteiger partial charge in [0.25, 0.3) is 5.19 Å². The van der Waals surface area contributed by atoms with Crippen LogP contribution in [0.25, 0.3) is 0 Å². The number of hydrogen-bond acceptors (Lipinski definition) is 3. The molecule has 0 fully saturated rings. The van der Waals surface area contributed by atoms with Crippen LogP contribution in [0.4, 0.5) is 0 Å². The molecule has 0 atom stereocenters. The summed E-state index contributed by atoms with van der Waals surface area (Å²) >= 11 is 14.0. The van der Waals surface area contributed by atoms with Crippen molar-refractivity contribution < 1.29 is 4.74 Å². The van der Waals surface area contributed by atoms with E-state index in [0.29, 0.717) is 16.0 Å². The minimum atomic E-state index is 0.557. The highest BCUT2D eigenvalue weighted by Crippen LogP contribution is 2.33. The third-order valence-corrected chi connectivity index (χ3v) is 3.78. The summed E-state index contributed by atoms with van der Waals surface area (Å²) in [5.74, 6) is 0.591. The molecule has 0 radical (unpaired) electrons. The van der Waals surface area contributed by atoms with Crippen molar-refractivity contribution in [3.8, 4) is 10.9 Å². The molecule has 1 heterocycles. The summed E-state index contributed by atoms with van der Waals surface area (Å²) in [6.45, 7) is 0. The average Bonchev–Trinajstić information content (AvgIpc) is 2.58. The standard InChI is InChI=1S/C9H4Br2ClNOS/c10-5-1-2-6(12)7(3-5)14-9-13-8(11)4-15-9/h1-4H. The number of thiazole rings is 1. The Bertz CT molecular complexity index is 489. The van der Waals surface area contributed by atoms with Crippen molar-refractivity contribution >= 4 is 54.8 Å². The quantitative estimate of drug-likeness (QED) is 0.733. The molecule has 2 aromatic rings. The lowest BCUT2D eigenvalue weighted by molar-refractivity contribution is 0.478. The molecule has 0 N–H and O–H groups in total. The van der Waals surface area contributed by atoms with E-state index in [9.17, 15) is 0 Å². The second-order valence-electron chi connectivity index (χ2n) is 2.61. The monoisotopic (exact) mass is 367 g/mol. The summed E-state index contributed by atoms with van der Waals surface area (Å²) in [5.41, 5.74) is 0. The number of halogens is 3. The van der Waals surface area contributed by atoms with Gasteiger partial charge in [0, 0.05) is 9.85 Å². The van der Waals surface area contributed by atoms with Crippen LogP contribution in [0.3, 0.4) is 0 Å². The Hall–Kier alpha value is -0.100. The number of nitrogens with zero attached hydrogens (tertiary/aromatic N) is 1. The van der Waals surface area contributed by atoms with E-state index in [1.165, 1.54) is 11.3 Å². The lowest BCUT2D eigenvalue weighted by atomic mass is 10.3. The first kappa shape index (κ1) is 11.4. The lowest BCUT2D eigenvalue weighted by Gasteiger charge is -2.03. The van der Waals surface area contributed by atoms with Crippen LogP contribution < -0.4 is 4.74 Å². The number of hydrogen-bond donors (Lipinski definition) is 0. The minimum absolute atomic E-state index is 0.557. The van der Waals surface area contributed by atoms with Crippen molar-refractivity contribution in [1.82, 2.24) is 4.98 Å². The molecule has 0 aliphatic carbocycles. The van der Waals surface area contributed by atoms with Gasteiger partial charge in [0.15, 0.2) is 0 Å². The van der Waals surface area contributed by atoms with Crippen LogP contribution in [0.2, 0.25) is 5.02 Å². The zero-order valence-corrected chi connectivity index (χ0v) is 12.0. The van der Waals surface area contributed by atoms with Crippen molar-refractivity contribution in [3.05, 3.63) is 37.7 Å². The summed E-state index contributed by atoms with van der Waals surface area (Å²) in [5, 5.41) is 2.97. The molecule has 0 spiro atoms. The fourth-order valence-electron chi connectivity index (χ4n) is 0.935. The predicted octanol–water partition coefficient (Wildman–Crippen LogP) is 5.11. The van der Waals surface area contributed by atoms with Gasteiger partial charge in [-0.2, -0.15) is 4.98 Å². The number of ether oxygens (including phenoxy) is 1. The maximum atomic E-state index is 5.97. The molecule has 0 aliphatic heterocycles. The zero-order valence-electron chi connectivity index (χ0n) is 7.21.